The van der Waals surface area contributed by atoms with Crippen LogP contribution in [0.4, 0.5) is 0 Å². The molecule has 1 N–H and O–H groups in total. The van der Waals surface area contributed by atoms with Crippen molar-refractivity contribution in [3.63, 3.8) is 0 Å². The Morgan fingerprint density at radius 1 is 0.800 bits per heavy atom. The van der Waals surface area contributed by atoms with E-state index in [0.29, 0.717) is 6.54 Å². The van der Waals surface area contributed by atoms with E-state index in [1.807, 2.05) is 72.8 Å². The van der Waals surface area contributed by atoms with Crippen molar-refractivity contribution in [1.29, 1.82) is 0 Å². The van der Waals surface area contributed by atoms with Crippen molar-refractivity contribution in [3.05, 3.63) is 126 Å². The van der Waals surface area contributed by atoms with Gasteiger partial charge < -0.3 is 9.84 Å². The molecule has 0 unspecified atom stereocenters. The van der Waals surface area contributed by atoms with Gasteiger partial charge in [0.25, 0.3) is 0 Å². The molecule has 0 spiro atoms. The van der Waals surface area contributed by atoms with Gasteiger partial charge in [0, 0.05) is 18.6 Å². The summed E-state index contributed by atoms with van der Waals surface area (Å²) >= 11 is 0. The lowest BCUT2D eigenvalue weighted by Gasteiger charge is -2.37. The van der Waals surface area contributed by atoms with Crippen molar-refractivity contribution in [2.24, 2.45) is 0 Å². The molecule has 4 aromatic carbocycles. The molecule has 0 radical (unpaired) electrons. The molecule has 178 valence electrons. The number of rotatable bonds is 10. The number of ether oxygens (including phenoxy) is 1. The van der Waals surface area contributed by atoms with E-state index >= 15 is 0 Å². The molecule has 0 saturated carbocycles. The molecule has 4 rings (SSSR count). The fourth-order valence-corrected chi connectivity index (χ4v) is 4.54. The van der Waals surface area contributed by atoms with Crippen molar-refractivity contribution in [1.82, 2.24) is 4.90 Å². The Labute approximate surface area is 207 Å². The van der Waals surface area contributed by atoms with Crippen LogP contribution in [0.2, 0.25) is 0 Å². The molecule has 35 heavy (non-hydrogen) atoms. The molecule has 0 aliphatic carbocycles. The highest BCUT2D eigenvalue weighted by atomic mass is 16.5. The van der Waals surface area contributed by atoms with Gasteiger partial charge >= 0.3 is 5.97 Å². The van der Waals surface area contributed by atoms with Crippen LogP contribution in [0.5, 0.6) is 5.75 Å². The zero-order valence-corrected chi connectivity index (χ0v) is 20.2. The molecule has 4 heteroatoms. The van der Waals surface area contributed by atoms with Gasteiger partial charge in [-0.3, -0.25) is 9.69 Å². The fraction of sp³-hybridized carbons (Fsp3) is 0.194. The van der Waals surface area contributed by atoms with Gasteiger partial charge in [0.15, 0.2) is 0 Å². The summed E-state index contributed by atoms with van der Waals surface area (Å²) in [6.45, 7) is 2.79. The summed E-state index contributed by atoms with van der Waals surface area (Å²) in [4.78, 5) is 14.4. The number of hydrogen-bond acceptors (Lipinski definition) is 3. The van der Waals surface area contributed by atoms with Crippen LogP contribution in [0.1, 0.15) is 42.1 Å². The van der Waals surface area contributed by atoms with Gasteiger partial charge in [-0.1, -0.05) is 91.0 Å². The highest BCUT2D eigenvalue weighted by Gasteiger charge is 2.28. The summed E-state index contributed by atoms with van der Waals surface area (Å²) in [6, 6.07) is 36.4. The molecular formula is C31H31NO3. The first-order valence-electron chi connectivity index (χ1n) is 11.9. The second-order valence-corrected chi connectivity index (χ2v) is 8.71. The van der Waals surface area contributed by atoms with Crippen molar-refractivity contribution in [3.8, 4) is 16.9 Å². The number of methoxy groups -OCH3 is 1. The first kappa shape index (κ1) is 24.2. The van der Waals surface area contributed by atoms with Crippen molar-refractivity contribution < 1.29 is 14.6 Å². The van der Waals surface area contributed by atoms with E-state index < -0.39 is 5.97 Å². The summed E-state index contributed by atoms with van der Waals surface area (Å²) in [5.41, 5.74) is 5.40. The van der Waals surface area contributed by atoms with E-state index in [-0.39, 0.29) is 18.5 Å². The van der Waals surface area contributed by atoms with Crippen LogP contribution < -0.4 is 4.74 Å². The zero-order chi connectivity index (χ0) is 24.6. The maximum atomic E-state index is 12.1. The normalized spacial score (nSPS) is 12.8. The Balaban J connectivity index is 1.75. The Morgan fingerprint density at radius 2 is 1.43 bits per heavy atom. The molecule has 0 saturated heterocycles. The monoisotopic (exact) mass is 465 g/mol. The summed E-state index contributed by atoms with van der Waals surface area (Å²) in [5, 5.41) is 9.92. The third-order valence-corrected chi connectivity index (χ3v) is 6.45. The Hall–Kier alpha value is -3.89. The van der Waals surface area contributed by atoms with Gasteiger partial charge in [-0.05, 0) is 52.9 Å². The first-order chi connectivity index (χ1) is 17.0. The molecule has 2 atom stereocenters. The summed E-state index contributed by atoms with van der Waals surface area (Å²) in [6.07, 6.45) is 0.00999. The number of aliphatic carboxylic acids is 1. The van der Waals surface area contributed by atoms with E-state index in [0.717, 1.165) is 33.6 Å². The summed E-state index contributed by atoms with van der Waals surface area (Å²) < 4.78 is 5.30. The SMILES string of the molecule is COc1ccc(-c2cccc([C@H](CC(=O)O)N(Cc3ccccc3)[C@H](C)c3ccccc3)c2)cc1. The minimum absolute atomic E-state index is 0.00999. The van der Waals surface area contributed by atoms with Crippen LogP contribution >= 0.6 is 0 Å². The van der Waals surface area contributed by atoms with Crippen LogP contribution in [-0.4, -0.2) is 23.1 Å². The third kappa shape index (κ3) is 6.17. The number of carboxylic acid groups (broad SMARTS) is 1. The molecular weight excluding hydrogens is 434 g/mol. The van der Waals surface area contributed by atoms with Gasteiger partial charge in [0.1, 0.15) is 5.75 Å². The van der Waals surface area contributed by atoms with E-state index in [1.54, 1.807) is 7.11 Å². The van der Waals surface area contributed by atoms with Crippen molar-refractivity contribution in [2.75, 3.05) is 7.11 Å². The maximum absolute atomic E-state index is 12.1. The van der Waals surface area contributed by atoms with Crippen LogP contribution in [0.3, 0.4) is 0 Å². The topological polar surface area (TPSA) is 49.8 Å². The lowest BCUT2D eigenvalue weighted by Crippen LogP contribution is -2.32. The number of nitrogens with zero attached hydrogens (tertiary/aromatic N) is 1. The maximum Gasteiger partial charge on any atom is 0.305 e. The second kappa shape index (κ2) is 11.5. The zero-order valence-electron chi connectivity index (χ0n) is 20.2. The highest BCUT2D eigenvalue weighted by molar-refractivity contribution is 5.69. The van der Waals surface area contributed by atoms with E-state index in [1.165, 1.54) is 0 Å². The molecule has 0 aromatic heterocycles. The van der Waals surface area contributed by atoms with E-state index in [9.17, 15) is 9.90 Å². The second-order valence-electron chi connectivity index (χ2n) is 8.71. The number of carboxylic acids is 1. The largest absolute Gasteiger partial charge is 0.497 e. The molecule has 0 amide bonds. The van der Waals surface area contributed by atoms with E-state index in [4.69, 9.17) is 4.74 Å². The molecule has 0 aliphatic rings. The fourth-order valence-electron chi connectivity index (χ4n) is 4.54. The molecule has 0 bridgehead atoms. The van der Waals surface area contributed by atoms with Gasteiger partial charge in [-0.25, -0.2) is 0 Å². The molecule has 4 nitrogen and oxygen atoms in total. The van der Waals surface area contributed by atoms with Gasteiger partial charge in [-0.2, -0.15) is 0 Å². The van der Waals surface area contributed by atoms with Gasteiger partial charge in [-0.15, -0.1) is 0 Å². The van der Waals surface area contributed by atoms with Crippen LogP contribution in [-0.2, 0) is 11.3 Å². The summed E-state index contributed by atoms with van der Waals surface area (Å²) in [5.74, 6) is -0.0115. The smallest absolute Gasteiger partial charge is 0.305 e. The third-order valence-electron chi connectivity index (χ3n) is 6.45. The van der Waals surface area contributed by atoms with Crippen LogP contribution in [0.25, 0.3) is 11.1 Å². The van der Waals surface area contributed by atoms with Gasteiger partial charge in [0.05, 0.1) is 13.5 Å². The number of benzene rings is 4. The lowest BCUT2D eigenvalue weighted by molar-refractivity contribution is -0.138. The number of carbonyl (C=O) groups is 1. The van der Waals surface area contributed by atoms with Crippen LogP contribution in [0.15, 0.2) is 109 Å². The molecule has 0 heterocycles. The molecule has 4 aromatic rings. The quantitative estimate of drug-likeness (QED) is 0.270. The predicted octanol–water partition coefficient (Wildman–Crippen LogP) is 7.14. The standard InChI is InChI=1S/C31H31NO3/c1-23(25-12-7-4-8-13-25)32(22-24-10-5-3-6-11-24)30(21-31(33)34)28-15-9-14-27(20-28)26-16-18-29(35-2)19-17-26/h3-20,23,30H,21-22H2,1-2H3,(H,33,34)/t23-,30+/m1/s1. The number of hydrogen-bond donors (Lipinski definition) is 1. The van der Waals surface area contributed by atoms with Crippen molar-refractivity contribution >= 4 is 5.97 Å². The highest BCUT2D eigenvalue weighted by Crippen LogP contribution is 2.36. The molecule has 0 aliphatic heterocycles. The van der Waals surface area contributed by atoms with Crippen LogP contribution in [0, 0.1) is 0 Å². The average Bonchev–Trinajstić information content (AvgIpc) is 2.91. The Bertz CT molecular complexity index is 1220. The summed E-state index contributed by atoms with van der Waals surface area (Å²) in [7, 11) is 1.65. The Kier molecular flexibility index (Phi) is 7.96. The molecule has 0 fully saturated rings. The van der Waals surface area contributed by atoms with Crippen molar-refractivity contribution in [2.45, 2.75) is 32.0 Å². The minimum Gasteiger partial charge on any atom is -0.497 e. The first-order valence-corrected chi connectivity index (χ1v) is 11.9. The lowest BCUT2D eigenvalue weighted by atomic mass is 9.94. The van der Waals surface area contributed by atoms with E-state index in [2.05, 4.69) is 48.2 Å². The van der Waals surface area contributed by atoms with Gasteiger partial charge in [0.2, 0.25) is 0 Å². The average molecular weight is 466 g/mol. The minimum atomic E-state index is -0.817. The Morgan fingerprint density at radius 3 is 2.06 bits per heavy atom. The predicted molar refractivity (Wildman–Crippen MR) is 140 cm³/mol.